The first-order valence-corrected chi connectivity index (χ1v) is 6.34. The second kappa shape index (κ2) is 2.91. The Bertz CT molecular complexity index is 262. The molecule has 0 saturated carbocycles. The highest BCUT2D eigenvalue weighted by Crippen LogP contribution is 2.53. The van der Waals surface area contributed by atoms with E-state index in [1.165, 1.54) is 0 Å². The normalized spacial score (nSPS) is 40.3. The zero-order chi connectivity index (χ0) is 9.41. The molecule has 0 aromatic carbocycles. The number of terminal acetylenes is 1. The van der Waals surface area contributed by atoms with Gasteiger partial charge in [-0.25, -0.2) is 0 Å². The van der Waals surface area contributed by atoms with Crippen LogP contribution in [0.15, 0.2) is 0 Å². The molecule has 2 nitrogen and oxygen atoms in total. The lowest BCUT2D eigenvalue weighted by atomic mass is 9.84. The fourth-order valence-corrected chi connectivity index (χ4v) is 3.18. The minimum absolute atomic E-state index is 0.0291. The third-order valence-electron chi connectivity index (χ3n) is 2.35. The Morgan fingerprint density at radius 3 is 2.67 bits per heavy atom. The lowest BCUT2D eigenvalue weighted by Crippen LogP contribution is -2.35. The molecule has 0 bridgehead atoms. The molecule has 2 unspecified atom stereocenters. The van der Waals surface area contributed by atoms with Crippen LogP contribution in [-0.2, 0) is 9.09 Å². The monoisotopic (exact) mass is 186 g/mol. The van der Waals surface area contributed by atoms with Gasteiger partial charge in [0.25, 0.3) is 0 Å². The van der Waals surface area contributed by atoms with Crippen LogP contribution in [0.3, 0.4) is 0 Å². The Balaban J connectivity index is 2.82. The summed E-state index contributed by atoms with van der Waals surface area (Å²) in [5.41, 5.74) is -0.0291. The SMILES string of the molecule is C#CC1OP(C)(=O)CCC1(C)C. The van der Waals surface area contributed by atoms with Crippen LogP contribution in [0.4, 0.5) is 0 Å². The third kappa shape index (κ3) is 1.91. The van der Waals surface area contributed by atoms with Gasteiger partial charge in [-0.1, -0.05) is 19.8 Å². The van der Waals surface area contributed by atoms with E-state index >= 15 is 0 Å². The standard InChI is InChI=1S/C9H15O2P/c1-5-8-9(2,3)6-7-12(4,10)11-8/h1,8H,6-7H2,2-4H3. The van der Waals surface area contributed by atoms with Gasteiger partial charge in [0.05, 0.1) is 0 Å². The summed E-state index contributed by atoms with van der Waals surface area (Å²) in [4.78, 5) is 0. The summed E-state index contributed by atoms with van der Waals surface area (Å²) in [6.45, 7) is 5.76. The molecule has 2 atom stereocenters. The molecule has 1 heterocycles. The molecule has 0 aromatic heterocycles. The molecule has 0 radical (unpaired) electrons. The van der Waals surface area contributed by atoms with Crippen LogP contribution in [0.1, 0.15) is 20.3 Å². The van der Waals surface area contributed by atoms with Crippen LogP contribution < -0.4 is 0 Å². The first-order valence-electron chi connectivity index (χ1n) is 4.08. The average molecular weight is 186 g/mol. The van der Waals surface area contributed by atoms with Crippen molar-refractivity contribution in [2.24, 2.45) is 5.41 Å². The van der Waals surface area contributed by atoms with E-state index < -0.39 is 7.37 Å². The van der Waals surface area contributed by atoms with Crippen molar-refractivity contribution in [1.29, 1.82) is 0 Å². The van der Waals surface area contributed by atoms with Crippen LogP contribution in [0.25, 0.3) is 0 Å². The molecule has 0 amide bonds. The van der Waals surface area contributed by atoms with E-state index in [0.717, 1.165) is 6.42 Å². The van der Waals surface area contributed by atoms with E-state index in [0.29, 0.717) is 6.16 Å². The van der Waals surface area contributed by atoms with E-state index in [-0.39, 0.29) is 11.5 Å². The highest BCUT2D eigenvalue weighted by atomic mass is 31.2. The molecule has 0 aliphatic carbocycles. The predicted molar refractivity (Wildman–Crippen MR) is 50.5 cm³/mol. The lowest BCUT2D eigenvalue weighted by molar-refractivity contribution is 0.101. The Morgan fingerprint density at radius 1 is 1.67 bits per heavy atom. The fourth-order valence-electron chi connectivity index (χ4n) is 1.30. The zero-order valence-corrected chi connectivity index (χ0v) is 8.73. The maximum Gasteiger partial charge on any atom is 0.201 e. The average Bonchev–Trinajstić information content (AvgIpc) is 1.95. The molecule has 1 rings (SSSR count). The Labute approximate surface area is 74.1 Å². The molecule has 0 N–H and O–H groups in total. The van der Waals surface area contributed by atoms with Gasteiger partial charge in [0.1, 0.15) is 6.10 Å². The summed E-state index contributed by atoms with van der Waals surface area (Å²) in [6.07, 6.45) is 6.55. The van der Waals surface area contributed by atoms with Gasteiger partial charge in [0, 0.05) is 18.2 Å². The van der Waals surface area contributed by atoms with E-state index in [4.69, 9.17) is 10.9 Å². The maximum atomic E-state index is 11.6. The van der Waals surface area contributed by atoms with Gasteiger partial charge in [0.2, 0.25) is 7.37 Å². The molecular formula is C9H15O2P. The second-order valence-corrected chi connectivity index (χ2v) is 6.81. The summed E-state index contributed by atoms with van der Waals surface area (Å²) in [5, 5.41) is 0. The smallest absolute Gasteiger partial charge is 0.201 e. The van der Waals surface area contributed by atoms with Gasteiger partial charge in [-0.3, -0.25) is 4.57 Å². The van der Waals surface area contributed by atoms with Crippen LogP contribution >= 0.6 is 7.37 Å². The van der Waals surface area contributed by atoms with E-state index in [9.17, 15) is 4.57 Å². The number of hydrogen-bond acceptors (Lipinski definition) is 2. The highest BCUT2D eigenvalue weighted by Gasteiger charge is 2.39. The summed E-state index contributed by atoms with van der Waals surface area (Å²) in [5.74, 6) is 2.56. The molecule has 3 heteroatoms. The molecular weight excluding hydrogens is 171 g/mol. The van der Waals surface area contributed by atoms with Crippen molar-refractivity contribution in [1.82, 2.24) is 0 Å². The largest absolute Gasteiger partial charge is 0.312 e. The summed E-state index contributed by atoms with van der Waals surface area (Å²) in [7, 11) is -2.38. The molecule has 1 fully saturated rings. The molecule has 1 saturated heterocycles. The molecule has 0 aromatic rings. The molecule has 68 valence electrons. The molecule has 1 aliphatic heterocycles. The summed E-state index contributed by atoms with van der Waals surface area (Å²) in [6, 6.07) is 0. The van der Waals surface area contributed by atoms with Gasteiger partial charge < -0.3 is 4.52 Å². The van der Waals surface area contributed by atoms with Gasteiger partial charge in [-0.05, 0) is 6.42 Å². The number of rotatable bonds is 0. The third-order valence-corrected chi connectivity index (χ3v) is 4.04. The zero-order valence-electron chi connectivity index (χ0n) is 7.83. The van der Waals surface area contributed by atoms with Crippen molar-refractivity contribution in [3.63, 3.8) is 0 Å². The van der Waals surface area contributed by atoms with E-state index in [1.54, 1.807) is 6.66 Å². The Hall–Kier alpha value is -0.250. The van der Waals surface area contributed by atoms with Crippen LogP contribution in [0.5, 0.6) is 0 Å². The topological polar surface area (TPSA) is 26.3 Å². The van der Waals surface area contributed by atoms with Crippen LogP contribution in [0, 0.1) is 17.8 Å². The van der Waals surface area contributed by atoms with Crippen molar-refractivity contribution in [3.05, 3.63) is 0 Å². The van der Waals surface area contributed by atoms with E-state index in [2.05, 4.69) is 19.8 Å². The molecule has 12 heavy (non-hydrogen) atoms. The predicted octanol–water partition coefficient (Wildman–Crippen LogP) is 2.34. The second-order valence-electron chi connectivity index (χ2n) is 4.13. The lowest BCUT2D eigenvalue weighted by Gasteiger charge is -2.38. The van der Waals surface area contributed by atoms with Crippen molar-refractivity contribution in [2.45, 2.75) is 26.4 Å². The van der Waals surface area contributed by atoms with E-state index in [1.807, 2.05) is 0 Å². The summed E-state index contributed by atoms with van der Waals surface area (Å²) >= 11 is 0. The highest BCUT2D eigenvalue weighted by molar-refractivity contribution is 7.58. The van der Waals surface area contributed by atoms with Crippen LogP contribution in [-0.4, -0.2) is 18.9 Å². The minimum atomic E-state index is -2.38. The first-order chi connectivity index (χ1) is 5.37. The van der Waals surface area contributed by atoms with Crippen molar-refractivity contribution in [3.8, 4) is 12.3 Å². The Morgan fingerprint density at radius 2 is 2.25 bits per heavy atom. The summed E-state index contributed by atoms with van der Waals surface area (Å²) < 4.78 is 16.9. The van der Waals surface area contributed by atoms with Gasteiger partial charge in [-0.15, -0.1) is 6.42 Å². The van der Waals surface area contributed by atoms with Gasteiger partial charge in [0.15, 0.2) is 0 Å². The number of hydrogen-bond donors (Lipinski definition) is 0. The fraction of sp³-hybridized carbons (Fsp3) is 0.778. The van der Waals surface area contributed by atoms with Crippen molar-refractivity contribution in [2.75, 3.05) is 12.8 Å². The van der Waals surface area contributed by atoms with Crippen LogP contribution in [0.2, 0.25) is 0 Å². The molecule has 1 aliphatic rings. The van der Waals surface area contributed by atoms with Crippen molar-refractivity contribution >= 4 is 7.37 Å². The first kappa shape index (κ1) is 9.84. The maximum absolute atomic E-state index is 11.6. The van der Waals surface area contributed by atoms with Gasteiger partial charge >= 0.3 is 0 Å². The van der Waals surface area contributed by atoms with Crippen molar-refractivity contribution < 1.29 is 9.09 Å². The molecule has 0 spiro atoms. The minimum Gasteiger partial charge on any atom is -0.312 e. The van der Waals surface area contributed by atoms with Gasteiger partial charge in [-0.2, -0.15) is 0 Å². The Kier molecular flexibility index (Phi) is 2.38. The quantitative estimate of drug-likeness (QED) is 0.428.